The zero-order valence-corrected chi connectivity index (χ0v) is 6.38. The predicted octanol–water partition coefficient (Wildman–Crippen LogP) is 1.85. The average molecular weight is 193 g/mol. The number of nitrogens with two attached hydrogens (primary N) is 1. The molecule has 0 rings (SSSR count). The van der Waals surface area contributed by atoms with Gasteiger partial charge in [0.2, 0.25) is 0 Å². The Morgan fingerprint density at radius 3 is 1.42 bits per heavy atom. The summed E-state index contributed by atoms with van der Waals surface area (Å²) in [6.45, 7) is 1.11. The van der Waals surface area contributed by atoms with Crippen molar-refractivity contribution < 1.29 is 26.8 Å². The van der Waals surface area contributed by atoms with Gasteiger partial charge in [-0.25, -0.2) is 5.90 Å². The van der Waals surface area contributed by atoms with Crippen molar-refractivity contribution in [2.75, 3.05) is 0 Å². The lowest BCUT2D eigenvalue weighted by atomic mass is 10.0. The van der Waals surface area contributed by atoms with Crippen LogP contribution < -0.4 is 5.90 Å². The lowest BCUT2D eigenvalue weighted by Gasteiger charge is -2.32. The van der Waals surface area contributed by atoms with E-state index in [-0.39, 0.29) is 0 Å². The molecular weight excluding hydrogens is 185 g/mol. The maximum Gasteiger partial charge on any atom is 0.456 e. The monoisotopic (exact) mass is 193 g/mol. The van der Waals surface area contributed by atoms with Crippen LogP contribution in [-0.4, -0.2) is 17.7 Å². The SMILES string of the molecule is CC(C)(ON)C(F)(F)C(F)(F)F. The second-order valence-corrected chi connectivity index (χ2v) is 2.70. The van der Waals surface area contributed by atoms with Crippen LogP contribution in [0.3, 0.4) is 0 Å². The Morgan fingerprint density at radius 1 is 1.00 bits per heavy atom. The quantitative estimate of drug-likeness (QED) is 0.536. The van der Waals surface area contributed by atoms with Gasteiger partial charge in [0, 0.05) is 0 Å². The highest BCUT2D eigenvalue weighted by Crippen LogP contribution is 2.44. The van der Waals surface area contributed by atoms with E-state index in [1.54, 1.807) is 0 Å². The molecule has 2 N–H and O–H groups in total. The van der Waals surface area contributed by atoms with Crippen LogP contribution in [0.15, 0.2) is 0 Å². The molecule has 0 aliphatic carbocycles. The average Bonchev–Trinajstić information content (AvgIpc) is 1.85. The van der Waals surface area contributed by atoms with Crippen molar-refractivity contribution >= 4 is 0 Å². The van der Waals surface area contributed by atoms with E-state index in [4.69, 9.17) is 0 Å². The zero-order chi connectivity index (χ0) is 10.2. The second kappa shape index (κ2) is 2.81. The summed E-state index contributed by atoms with van der Waals surface area (Å²) in [7, 11) is 0. The second-order valence-electron chi connectivity index (χ2n) is 2.70. The molecule has 0 saturated heterocycles. The van der Waals surface area contributed by atoms with Crippen molar-refractivity contribution in [1.82, 2.24) is 0 Å². The minimum absolute atomic E-state index is 0.556. The van der Waals surface area contributed by atoms with E-state index in [1.165, 1.54) is 0 Å². The summed E-state index contributed by atoms with van der Waals surface area (Å²) in [5.41, 5.74) is -2.76. The molecule has 74 valence electrons. The lowest BCUT2D eigenvalue weighted by Crippen LogP contribution is -2.56. The first kappa shape index (κ1) is 11.6. The molecule has 0 aromatic heterocycles. The van der Waals surface area contributed by atoms with Crippen molar-refractivity contribution in [2.24, 2.45) is 5.90 Å². The van der Waals surface area contributed by atoms with E-state index < -0.39 is 17.7 Å². The molecule has 12 heavy (non-hydrogen) atoms. The van der Waals surface area contributed by atoms with Gasteiger partial charge >= 0.3 is 12.1 Å². The topological polar surface area (TPSA) is 35.2 Å². The molecule has 0 spiro atoms. The largest absolute Gasteiger partial charge is 0.456 e. The van der Waals surface area contributed by atoms with Crippen molar-refractivity contribution in [2.45, 2.75) is 31.5 Å². The molecule has 0 heterocycles. The van der Waals surface area contributed by atoms with Crippen molar-refractivity contribution in [1.29, 1.82) is 0 Å². The number of hydrogen-bond donors (Lipinski definition) is 1. The van der Waals surface area contributed by atoms with Crippen LogP contribution in [0.5, 0.6) is 0 Å². The third-order valence-electron chi connectivity index (χ3n) is 1.41. The van der Waals surface area contributed by atoms with Gasteiger partial charge in [-0.2, -0.15) is 22.0 Å². The molecule has 2 nitrogen and oxygen atoms in total. The van der Waals surface area contributed by atoms with Gasteiger partial charge in [0.05, 0.1) is 0 Å². The van der Waals surface area contributed by atoms with Gasteiger partial charge in [0.15, 0.2) is 5.60 Å². The summed E-state index contributed by atoms with van der Waals surface area (Å²) in [5.74, 6) is -0.654. The van der Waals surface area contributed by atoms with Gasteiger partial charge < -0.3 is 0 Å². The first-order valence-corrected chi connectivity index (χ1v) is 2.88. The van der Waals surface area contributed by atoms with Gasteiger partial charge in [-0.15, -0.1) is 0 Å². The van der Waals surface area contributed by atoms with Crippen LogP contribution >= 0.6 is 0 Å². The van der Waals surface area contributed by atoms with Crippen molar-refractivity contribution in [3.05, 3.63) is 0 Å². The number of hydrogen-bond acceptors (Lipinski definition) is 2. The summed E-state index contributed by atoms with van der Waals surface area (Å²) >= 11 is 0. The molecule has 0 aliphatic rings. The molecule has 0 aliphatic heterocycles. The highest BCUT2D eigenvalue weighted by atomic mass is 19.4. The Kier molecular flexibility index (Phi) is 2.71. The Balaban J connectivity index is 4.85. The fourth-order valence-corrected chi connectivity index (χ4v) is 0.415. The fourth-order valence-electron chi connectivity index (χ4n) is 0.415. The third-order valence-corrected chi connectivity index (χ3v) is 1.41. The molecule has 0 fully saturated rings. The van der Waals surface area contributed by atoms with E-state index in [9.17, 15) is 22.0 Å². The predicted molar refractivity (Wildman–Crippen MR) is 30.4 cm³/mol. The third kappa shape index (κ3) is 1.66. The number of halogens is 5. The minimum Gasteiger partial charge on any atom is -0.292 e. The van der Waals surface area contributed by atoms with Crippen LogP contribution in [0.1, 0.15) is 13.8 Å². The Labute approximate surface area is 65.4 Å². The van der Waals surface area contributed by atoms with E-state index in [1.807, 2.05) is 0 Å². The summed E-state index contributed by atoms with van der Waals surface area (Å²) < 4.78 is 59.6. The highest BCUT2D eigenvalue weighted by molar-refractivity contribution is 4.92. The van der Waals surface area contributed by atoms with Gasteiger partial charge in [0.25, 0.3) is 0 Å². The van der Waals surface area contributed by atoms with Crippen LogP contribution in [0, 0.1) is 0 Å². The molecule has 0 unspecified atom stereocenters. The summed E-state index contributed by atoms with van der Waals surface area (Å²) in [6.07, 6.45) is -5.66. The summed E-state index contributed by atoms with van der Waals surface area (Å²) in [4.78, 5) is 3.56. The van der Waals surface area contributed by atoms with Crippen LogP contribution in [-0.2, 0) is 4.84 Å². The standard InChI is InChI=1S/C5H8F5NO/c1-3(2,12-11)4(6,7)5(8,9)10/h11H2,1-2H3. The molecular formula is C5H8F5NO. The van der Waals surface area contributed by atoms with Gasteiger partial charge in [-0.05, 0) is 13.8 Å². The molecule has 0 saturated carbocycles. The van der Waals surface area contributed by atoms with E-state index in [0.717, 1.165) is 0 Å². The fraction of sp³-hybridized carbons (Fsp3) is 1.00. The Morgan fingerprint density at radius 2 is 1.33 bits per heavy atom. The van der Waals surface area contributed by atoms with Crippen LogP contribution in [0.2, 0.25) is 0 Å². The van der Waals surface area contributed by atoms with Gasteiger partial charge in [-0.1, -0.05) is 0 Å². The van der Waals surface area contributed by atoms with Crippen molar-refractivity contribution in [3.63, 3.8) is 0 Å². The molecule has 0 bridgehead atoms. The zero-order valence-electron chi connectivity index (χ0n) is 6.38. The molecule has 7 heteroatoms. The normalized spacial score (nSPS) is 15.0. The number of alkyl halides is 5. The van der Waals surface area contributed by atoms with E-state index in [0.29, 0.717) is 13.8 Å². The molecule has 0 aromatic rings. The Bertz CT molecular complexity index is 164. The first-order chi connectivity index (χ1) is 5.06. The summed E-state index contributed by atoms with van der Waals surface area (Å²) in [5, 5.41) is 0. The highest BCUT2D eigenvalue weighted by Gasteiger charge is 2.67. The maximum absolute atomic E-state index is 12.4. The Hall–Kier alpha value is -0.430. The first-order valence-electron chi connectivity index (χ1n) is 2.88. The molecule has 0 aromatic carbocycles. The smallest absolute Gasteiger partial charge is 0.292 e. The summed E-state index contributed by atoms with van der Waals surface area (Å²) in [6, 6.07) is 0. The number of rotatable bonds is 2. The van der Waals surface area contributed by atoms with Crippen LogP contribution in [0.25, 0.3) is 0 Å². The van der Waals surface area contributed by atoms with Gasteiger partial charge in [-0.3, -0.25) is 4.84 Å². The van der Waals surface area contributed by atoms with Crippen molar-refractivity contribution in [3.8, 4) is 0 Å². The minimum atomic E-state index is -5.66. The molecule has 0 atom stereocenters. The van der Waals surface area contributed by atoms with Gasteiger partial charge in [0.1, 0.15) is 0 Å². The maximum atomic E-state index is 12.4. The molecule has 0 amide bonds. The molecule has 0 radical (unpaired) electrons. The van der Waals surface area contributed by atoms with E-state index in [2.05, 4.69) is 10.7 Å². The lowest BCUT2D eigenvalue weighted by molar-refractivity contribution is -0.343. The van der Waals surface area contributed by atoms with E-state index >= 15 is 0 Å². The van der Waals surface area contributed by atoms with Crippen LogP contribution in [0.4, 0.5) is 22.0 Å².